The van der Waals surface area contributed by atoms with Gasteiger partial charge in [0.05, 0.1) is 0 Å². The molecule has 1 N–H and O–H groups in total. The number of hydrogen-bond donors (Lipinski definition) is 1. The molecule has 2 saturated heterocycles. The van der Waals surface area contributed by atoms with Crippen LogP contribution in [0.3, 0.4) is 0 Å². The summed E-state index contributed by atoms with van der Waals surface area (Å²) < 4.78 is 53.4. The van der Waals surface area contributed by atoms with Crippen LogP contribution in [0.25, 0.3) is 0 Å². The number of carbonyl (C=O) groups is 1. The van der Waals surface area contributed by atoms with Gasteiger partial charge in [-0.05, 0) is 49.9 Å². The third kappa shape index (κ3) is 3.36. The lowest BCUT2D eigenvalue weighted by molar-refractivity contribution is -0.134. The molecule has 0 radical (unpaired) electrons. The van der Waals surface area contributed by atoms with Crippen molar-refractivity contribution in [1.29, 1.82) is 0 Å². The van der Waals surface area contributed by atoms with Crippen LogP contribution in [0.2, 0.25) is 0 Å². The number of rotatable bonds is 3. The average Bonchev–Trinajstić information content (AvgIpc) is 3.34. The minimum atomic E-state index is -4.04. The molecule has 1 saturated carbocycles. The summed E-state index contributed by atoms with van der Waals surface area (Å²) in [4.78, 5) is 14.0. The molecule has 27 heavy (non-hydrogen) atoms. The molecule has 0 aromatic heterocycles. The summed E-state index contributed by atoms with van der Waals surface area (Å²) in [7, 11) is -4.04. The molecule has 3 aliphatic rings. The largest absolute Gasteiger partial charge is 0.340 e. The van der Waals surface area contributed by atoms with E-state index in [1.165, 1.54) is 4.31 Å². The number of benzene rings is 1. The Morgan fingerprint density at radius 2 is 1.78 bits per heavy atom. The van der Waals surface area contributed by atoms with Gasteiger partial charge < -0.3 is 10.2 Å². The number of halogens is 2. The summed E-state index contributed by atoms with van der Waals surface area (Å²) >= 11 is 0. The van der Waals surface area contributed by atoms with Gasteiger partial charge in [-0.25, -0.2) is 17.2 Å². The van der Waals surface area contributed by atoms with Crippen molar-refractivity contribution in [2.24, 2.45) is 11.3 Å². The summed E-state index contributed by atoms with van der Waals surface area (Å²) in [5.74, 6) is -1.75. The Balaban J connectivity index is 1.39. The summed E-state index contributed by atoms with van der Waals surface area (Å²) in [6.45, 7) is 2.72. The standard InChI is InChI=1S/C18H23F2N3O3S/c19-13-1-2-16(15(20)11-13)27(25,26)23-9-7-22(8-10-23)17(24)14-12-18(14)3-5-21-6-4-18/h1-2,11,14,21H,3-10,12H2. The molecule has 0 bridgehead atoms. The van der Waals surface area contributed by atoms with Crippen molar-refractivity contribution in [3.05, 3.63) is 29.8 Å². The molecule has 9 heteroatoms. The third-order valence-electron chi connectivity index (χ3n) is 6.15. The van der Waals surface area contributed by atoms with E-state index in [1.54, 1.807) is 4.90 Å². The highest BCUT2D eigenvalue weighted by atomic mass is 32.2. The van der Waals surface area contributed by atoms with Crippen molar-refractivity contribution in [2.45, 2.75) is 24.2 Å². The average molecular weight is 399 g/mol. The molecule has 1 aromatic carbocycles. The predicted molar refractivity (Wildman–Crippen MR) is 94.3 cm³/mol. The van der Waals surface area contributed by atoms with Crippen molar-refractivity contribution < 1.29 is 22.0 Å². The fraction of sp³-hybridized carbons (Fsp3) is 0.611. The second kappa shape index (κ2) is 6.79. The zero-order valence-corrected chi connectivity index (χ0v) is 15.8. The lowest BCUT2D eigenvalue weighted by Crippen LogP contribution is -2.51. The summed E-state index contributed by atoms with van der Waals surface area (Å²) in [5.41, 5.74) is 0.142. The van der Waals surface area contributed by atoms with Gasteiger partial charge in [-0.15, -0.1) is 0 Å². The number of hydrogen-bond acceptors (Lipinski definition) is 4. The molecule has 3 fully saturated rings. The molecule has 2 heterocycles. The highest BCUT2D eigenvalue weighted by Gasteiger charge is 2.58. The Morgan fingerprint density at radius 3 is 2.41 bits per heavy atom. The van der Waals surface area contributed by atoms with E-state index in [9.17, 15) is 22.0 Å². The summed E-state index contributed by atoms with van der Waals surface area (Å²) in [5, 5.41) is 3.31. The van der Waals surface area contributed by atoms with E-state index in [-0.39, 0.29) is 30.3 Å². The Bertz CT molecular complexity index is 847. The van der Waals surface area contributed by atoms with Crippen LogP contribution >= 0.6 is 0 Å². The maximum absolute atomic E-state index is 13.9. The van der Waals surface area contributed by atoms with Crippen LogP contribution in [0.15, 0.2) is 23.1 Å². The van der Waals surface area contributed by atoms with E-state index in [4.69, 9.17) is 0 Å². The van der Waals surface area contributed by atoms with Gasteiger partial charge in [0.1, 0.15) is 16.5 Å². The molecule has 148 valence electrons. The van der Waals surface area contributed by atoms with Crippen LogP contribution in [0.4, 0.5) is 8.78 Å². The van der Waals surface area contributed by atoms with Crippen molar-refractivity contribution >= 4 is 15.9 Å². The predicted octanol–water partition coefficient (Wildman–Crippen LogP) is 1.19. The topological polar surface area (TPSA) is 69.7 Å². The lowest BCUT2D eigenvalue weighted by Gasteiger charge is -2.35. The van der Waals surface area contributed by atoms with Crippen molar-refractivity contribution in [2.75, 3.05) is 39.3 Å². The van der Waals surface area contributed by atoms with Crippen LogP contribution in [0.1, 0.15) is 19.3 Å². The number of sulfonamides is 1. The molecule has 6 nitrogen and oxygen atoms in total. The molecular formula is C18H23F2N3O3S. The van der Waals surface area contributed by atoms with Gasteiger partial charge in [0.15, 0.2) is 0 Å². The third-order valence-corrected chi connectivity index (χ3v) is 8.08. The van der Waals surface area contributed by atoms with Crippen LogP contribution in [-0.2, 0) is 14.8 Å². The van der Waals surface area contributed by atoms with Crippen LogP contribution < -0.4 is 5.32 Å². The van der Waals surface area contributed by atoms with Crippen LogP contribution in [-0.4, -0.2) is 62.8 Å². The Morgan fingerprint density at radius 1 is 1.11 bits per heavy atom. The van der Waals surface area contributed by atoms with Gasteiger partial charge in [-0.3, -0.25) is 4.79 Å². The Hall–Kier alpha value is -1.58. The maximum atomic E-state index is 13.9. The maximum Gasteiger partial charge on any atom is 0.246 e. The quantitative estimate of drug-likeness (QED) is 0.829. The molecular weight excluding hydrogens is 376 g/mol. The first-order chi connectivity index (χ1) is 12.8. The minimum absolute atomic E-state index is 0.0531. The zero-order valence-electron chi connectivity index (χ0n) is 15.0. The number of amides is 1. The number of carbonyl (C=O) groups excluding carboxylic acids is 1. The van der Waals surface area contributed by atoms with E-state index in [1.807, 2.05) is 0 Å². The highest BCUT2D eigenvalue weighted by Crippen LogP contribution is 2.59. The zero-order chi connectivity index (χ0) is 19.2. The number of piperidine rings is 1. The van der Waals surface area contributed by atoms with Gasteiger partial charge in [-0.1, -0.05) is 0 Å². The Kier molecular flexibility index (Phi) is 4.72. The number of nitrogens with zero attached hydrogens (tertiary/aromatic N) is 2. The minimum Gasteiger partial charge on any atom is -0.340 e. The number of nitrogens with one attached hydrogen (secondary N) is 1. The molecule has 1 spiro atoms. The SMILES string of the molecule is O=C(C1CC12CCNCC2)N1CCN(S(=O)(=O)c2ccc(F)cc2F)CC1. The number of piperazine rings is 1. The highest BCUT2D eigenvalue weighted by molar-refractivity contribution is 7.89. The first kappa shape index (κ1) is 18.8. The van der Waals surface area contributed by atoms with Gasteiger partial charge >= 0.3 is 0 Å². The molecule has 1 amide bonds. The van der Waals surface area contributed by atoms with Crippen LogP contribution in [0.5, 0.6) is 0 Å². The molecule has 1 aliphatic carbocycles. The smallest absolute Gasteiger partial charge is 0.246 e. The summed E-state index contributed by atoms with van der Waals surface area (Å²) in [6.07, 6.45) is 2.95. The van der Waals surface area contributed by atoms with E-state index >= 15 is 0 Å². The van der Waals surface area contributed by atoms with Gasteiger partial charge in [-0.2, -0.15) is 4.31 Å². The fourth-order valence-electron chi connectivity index (χ4n) is 4.37. The van der Waals surface area contributed by atoms with Crippen molar-refractivity contribution in [3.63, 3.8) is 0 Å². The second-order valence-corrected chi connectivity index (χ2v) is 9.58. The van der Waals surface area contributed by atoms with E-state index < -0.39 is 26.6 Å². The van der Waals surface area contributed by atoms with Crippen LogP contribution in [0, 0.1) is 23.0 Å². The van der Waals surface area contributed by atoms with E-state index in [2.05, 4.69) is 5.32 Å². The van der Waals surface area contributed by atoms with Gasteiger partial charge in [0.25, 0.3) is 0 Å². The van der Waals surface area contributed by atoms with Crippen molar-refractivity contribution in [3.8, 4) is 0 Å². The summed E-state index contributed by atoms with van der Waals surface area (Å²) in [6, 6.07) is 2.45. The molecule has 1 atom stereocenters. The second-order valence-electron chi connectivity index (χ2n) is 7.67. The molecule has 2 aliphatic heterocycles. The Labute approximate surface area is 157 Å². The molecule has 4 rings (SSSR count). The first-order valence-electron chi connectivity index (χ1n) is 9.28. The first-order valence-corrected chi connectivity index (χ1v) is 10.7. The van der Waals surface area contributed by atoms with Gasteiger partial charge in [0, 0.05) is 38.2 Å². The molecule has 1 unspecified atom stereocenters. The fourth-order valence-corrected chi connectivity index (χ4v) is 5.83. The van der Waals surface area contributed by atoms with Gasteiger partial charge in [0.2, 0.25) is 15.9 Å². The molecule has 1 aromatic rings. The monoisotopic (exact) mass is 399 g/mol. The van der Waals surface area contributed by atoms with E-state index in [0.29, 0.717) is 19.2 Å². The lowest BCUT2D eigenvalue weighted by atomic mass is 9.91. The normalized spacial score (nSPS) is 25.6. The van der Waals surface area contributed by atoms with E-state index in [0.717, 1.165) is 44.5 Å². The van der Waals surface area contributed by atoms with Crippen molar-refractivity contribution in [1.82, 2.24) is 14.5 Å².